The van der Waals surface area contributed by atoms with E-state index in [2.05, 4.69) is 20.9 Å². The lowest BCUT2D eigenvalue weighted by Crippen LogP contribution is -2.13. The second-order valence-electron chi connectivity index (χ2n) is 3.67. The van der Waals surface area contributed by atoms with E-state index in [1.165, 1.54) is 0 Å². The van der Waals surface area contributed by atoms with Gasteiger partial charge in [0.25, 0.3) is 0 Å². The van der Waals surface area contributed by atoms with E-state index in [0.29, 0.717) is 17.9 Å². The average Bonchev–Trinajstić information content (AvgIpc) is 2.38. The summed E-state index contributed by atoms with van der Waals surface area (Å²) in [6, 6.07) is 11.0. The second-order valence-corrected chi connectivity index (χ2v) is 4.58. The standard InChI is InChI=1S/C13H12BrN3O/c14-9-5-6-10(17-7-9)8-18-12-4-2-1-3-11(12)13(15)16/h1-7H,8H2,(H3,15,16). The lowest BCUT2D eigenvalue weighted by Gasteiger charge is -2.09. The van der Waals surface area contributed by atoms with Crippen LogP contribution in [0.25, 0.3) is 0 Å². The molecular weight excluding hydrogens is 294 g/mol. The molecule has 3 N–H and O–H groups in total. The summed E-state index contributed by atoms with van der Waals surface area (Å²) >= 11 is 3.32. The van der Waals surface area contributed by atoms with E-state index < -0.39 is 0 Å². The zero-order chi connectivity index (χ0) is 13.0. The molecule has 0 spiro atoms. The second kappa shape index (κ2) is 5.64. The number of nitrogens with zero attached hydrogens (tertiary/aromatic N) is 1. The highest BCUT2D eigenvalue weighted by molar-refractivity contribution is 9.10. The maximum atomic E-state index is 7.46. The summed E-state index contributed by atoms with van der Waals surface area (Å²) in [6.07, 6.45) is 1.72. The molecule has 0 aliphatic rings. The van der Waals surface area contributed by atoms with Crippen molar-refractivity contribution in [3.05, 3.63) is 58.3 Å². The van der Waals surface area contributed by atoms with Crippen LogP contribution < -0.4 is 10.5 Å². The van der Waals surface area contributed by atoms with Crippen molar-refractivity contribution in [1.82, 2.24) is 4.98 Å². The number of nitrogens with one attached hydrogen (secondary N) is 1. The zero-order valence-corrected chi connectivity index (χ0v) is 11.1. The average molecular weight is 306 g/mol. The molecule has 4 nitrogen and oxygen atoms in total. The molecule has 2 rings (SSSR count). The molecule has 0 saturated heterocycles. The number of amidine groups is 1. The predicted molar refractivity (Wildman–Crippen MR) is 73.7 cm³/mol. The third-order valence-corrected chi connectivity index (χ3v) is 2.81. The molecule has 0 saturated carbocycles. The highest BCUT2D eigenvalue weighted by Gasteiger charge is 2.05. The maximum absolute atomic E-state index is 7.46. The van der Waals surface area contributed by atoms with E-state index >= 15 is 0 Å². The number of hydrogen-bond acceptors (Lipinski definition) is 3. The summed E-state index contributed by atoms with van der Waals surface area (Å²) in [5, 5.41) is 7.46. The minimum absolute atomic E-state index is 0.00522. The smallest absolute Gasteiger partial charge is 0.130 e. The maximum Gasteiger partial charge on any atom is 0.130 e. The molecule has 0 unspecified atom stereocenters. The lowest BCUT2D eigenvalue weighted by molar-refractivity contribution is 0.300. The quantitative estimate of drug-likeness (QED) is 0.674. The van der Waals surface area contributed by atoms with Crippen molar-refractivity contribution in [3.63, 3.8) is 0 Å². The van der Waals surface area contributed by atoms with Gasteiger partial charge in [0.05, 0.1) is 11.3 Å². The summed E-state index contributed by atoms with van der Waals surface area (Å²) in [4.78, 5) is 4.21. The van der Waals surface area contributed by atoms with Crippen LogP contribution >= 0.6 is 15.9 Å². The normalized spacial score (nSPS) is 10.1. The Hall–Kier alpha value is -1.88. The van der Waals surface area contributed by atoms with Gasteiger partial charge in [0.1, 0.15) is 18.2 Å². The van der Waals surface area contributed by atoms with E-state index in [9.17, 15) is 0 Å². The monoisotopic (exact) mass is 305 g/mol. The molecule has 0 atom stereocenters. The summed E-state index contributed by atoms with van der Waals surface area (Å²) < 4.78 is 6.55. The SMILES string of the molecule is N=C(N)c1ccccc1OCc1ccc(Br)cn1. The number of halogens is 1. The van der Waals surface area contributed by atoms with Crippen LogP contribution in [0.5, 0.6) is 5.75 Å². The molecule has 0 fully saturated rings. The first-order valence-electron chi connectivity index (χ1n) is 5.33. The largest absolute Gasteiger partial charge is 0.487 e. The topological polar surface area (TPSA) is 72.0 Å². The Kier molecular flexibility index (Phi) is 3.94. The molecule has 18 heavy (non-hydrogen) atoms. The summed E-state index contributed by atoms with van der Waals surface area (Å²) in [5.41, 5.74) is 6.89. The van der Waals surface area contributed by atoms with Gasteiger partial charge in [0, 0.05) is 10.7 Å². The molecule has 0 amide bonds. The molecule has 0 radical (unpaired) electrons. The van der Waals surface area contributed by atoms with Crippen LogP contribution in [-0.2, 0) is 6.61 Å². The Labute approximate surface area is 113 Å². The Bertz CT molecular complexity index is 554. The molecule has 0 aliphatic heterocycles. The highest BCUT2D eigenvalue weighted by Crippen LogP contribution is 2.18. The van der Waals surface area contributed by atoms with Crippen LogP contribution in [0.4, 0.5) is 0 Å². The van der Waals surface area contributed by atoms with Crippen LogP contribution in [0.15, 0.2) is 47.1 Å². The van der Waals surface area contributed by atoms with Crippen LogP contribution in [-0.4, -0.2) is 10.8 Å². The minimum Gasteiger partial charge on any atom is -0.487 e. The zero-order valence-electron chi connectivity index (χ0n) is 9.56. The van der Waals surface area contributed by atoms with Crippen LogP contribution in [0.2, 0.25) is 0 Å². The molecule has 92 valence electrons. The van der Waals surface area contributed by atoms with Crippen molar-refractivity contribution in [2.45, 2.75) is 6.61 Å². The fourth-order valence-electron chi connectivity index (χ4n) is 1.46. The van der Waals surface area contributed by atoms with E-state index in [4.69, 9.17) is 15.9 Å². The van der Waals surface area contributed by atoms with Gasteiger partial charge >= 0.3 is 0 Å². The molecule has 2 aromatic rings. The van der Waals surface area contributed by atoms with E-state index in [1.807, 2.05) is 24.3 Å². The summed E-state index contributed by atoms with van der Waals surface area (Å²) in [6.45, 7) is 0.345. The third kappa shape index (κ3) is 3.07. The first-order valence-corrected chi connectivity index (χ1v) is 6.13. The van der Waals surface area contributed by atoms with Crippen LogP contribution in [0.1, 0.15) is 11.3 Å². The number of para-hydroxylation sites is 1. The van der Waals surface area contributed by atoms with Gasteiger partial charge in [-0.1, -0.05) is 12.1 Å². The van der Waals surface area contributed by atoms with Crippen LogP contribution in [0, 0.1) is 5.41 Å². The number of pyridine rings is 1. The van der Waals surface area contributed by atoms with Gasteiger partial charge < -0.3 is 10.5 Å². The van der Waals surface area contributed by atoms with Gasteiger partial charge in [-0.2, -0.15) is 0 Å². The number of benzene rings is 1. The number of nitrogen functional groups attached to an aromatic ring is 1. The molecule has 1 heterocycles. The van der Waals surface area contributed by atoms with E-state index in [-0.39, 0.29) is 5.84 Å². The lowest BCUT2D eigenvalue weighted by atomic mass is 10.2. The molecule has 0 aliphatic carbocycles. The minimum atomic E-state index is -0.00522. The Morgan fingerprint density at radius 3 is 2.72 bits per heavy atom. The first-order chi connectivity index (χ1) is 8.66. The van der Waals surface area contributed by atoms with Crippen LogP contribution in [0.3, 0.4) is 0 Å². The van der Waals surface area contributed by atoms with Crippen molar-refractivity contribution in [3.8, 4) is 5.75 Å². The van der Waals surface area contributed by atoms with Gasteiger partial charge in [-0.15, -0.1) is 0 Å². The van der Waals surface area contributed by atoms with Gasteiger partial charge in [-0.25, -0.2) is 0 Å². The van der Waals surface area contributed by atoms with E-state index in [1.54, 1.807) is 18.3 Å². The van der Waals surface area contributed by atoms with Gasteiger partial charge in [-0.3, -0.25) is 10.4 Å². The van der Waals surface area contributed by atoms with Crippen molar-refractivity contribution in [1.29, 1.82) is 5.41 Å². The van der Waals surface area contributed by atoms with Crippen molar-refractivity contribution < 1.29 is 4.74 Å². The number of hydrogen-bond donors (Lipinski definition) is 2. The molecule has 1 aromatic heterocycles. The first kappa shape index (κ1) is 12.6. The fraction of sp³-hybridized carbons (Fsp3) is 0.0769. The molecule has 0 bridgehead atoms. The van der Waals surface area contributed by atoms with Gasteiger partial charge in [-0.05, 0) is 40.2 Å². The number of ether oxygens (including phenoxy) is 1. The fourth-order valence-corrected chi connectivity index (χ4v) is 1.69. The summed E-state index contributed by atoms with van der Waals surface area (Å²) in [7, 11) is 0. The third-order valence-electron chi connectivity index (χ3n) is 2.34. The predicted octanol–water partition coefficient (Wildman–Crippen LogP) is 2.71. The highest BCUT2D eigenvalue weighted by atomic mass is 79.9. The van der Waals surface area contributed by atoms with Gasteiger partial charge in [0.2, 0.25) is 0 Å². The molecular formula is C13H12BrN3O. The Morgan fingerprint density at radius 1 is 1.28 bits per heavy atom. The number of nitrogens with two attached hydrogens (primary N) is 1. The van der Waals surface area contributed by atoms with Crippen molar-refractivity contribution in [2.24, 2.45) is 5.73 Å². The van der Waals surface area contributed by atoms with Crippen molar-refractivity contribution in [2.75, 3.05) is 0 Å². The Morgan fingerprint density at radius 2 is 2.06 bits per heavy atom. The molecule has 5 heteroatoms. The summed E-state index contributed by atoms with van der Waals surface area (Å²) in [5.74, 6) is 0.587. The number of rotatable bonds is 4. The number of aromatic nitrogens is 1. The van der Waals surface area contributed by atoms with Crippen molar-refractivity contribution >= 4 is 21.8 Å². The molecule has 1 aromatic carbocycles. The Balaban J connectivity index is 2.10. The van der Waals surface area contributed by atoms with Gasteiger partial charge in [0.15, 0.2) is 0 Å². The van der Waals surface area contributed by atoms with E-state index in [0.717, 1.165) is 10.2 Å².